The highest BCUT2D eigenvalue weighted by atomic mass is 16.5. The van der Waals surface area contributed by atoms with Gasteiger partial charge in [-0.1, -0.05) is 0 Å². The summed E-state index contributed by atoms with van der Waals surface area (Å²) in [5.41, 5.74) is 0.367. The molecule has 1 aliphatic rings. The van der Waals surface area contributed by atoms with Gasteiger partial charge in [-0.3, -0.25) is 0 Å². The Morgan fingerprint density at radius 3 is 2.32 bits per heavy atom. The van der Waals surface area contributed by atoms with Gasteiger partial charge in [0.05, 0.1) is 11.7 Å². The fraction of sp³-hybridized carbons (Fsp3) is 1.00. The molecule has 1 rings (SSSR count). The summed E-state index contributed by atoms with van der Waals surface area (Å²) in [7, 11) is 1.80. The first-order valence-corrected chi connectivity index (χ1v) is 7.52. The number of nitrogens with one attached hydrogen (secondary N) is 1. The van der Waals surface area contributed by atoms with Crippen LogP contribution in [0.5, 0.6) is 0 Å². The van der Waals surface area contributed by atoms with E-state index in [9.17, 15) is 0 Å². The topological polar surface area (TPSA) is 30.5 Å². The molecule has 1 N–H and O–H groups in total. The maximum absolute atomic E-state index is 5.85. The van der Waals surface area contributed by atoms with E-state index in [0.29, 0.717) is 6.10 Å². The number of methoxy groups -OCH3 is 1. The Kier molecular flexibility index (Phi) is 5.44. The Hall–Kier alpha value is -0.120. The average Bonchev–Trinajstić information content (AvgIpc) is 2.66. The van der Waals surface area contributed by atoms with Crippen LogP contribution in [-0.2, 0) is 9.47 Å². The molecule has 1 aliphatic heterocycles. The quantitative estimate of drug-likeness (QED) is 0.803. The van der Waals surface area contributed by atoms with E-state index in [2.05, 4.69) is 46.9 Å². The molecule has 0 aromatic rings. The van der Waals surface area contributed by atoms with Gasteiger partial charge in [0.2, 0.25) is 0 Å². The van der Waals surface area contributed by atoms with Crippen molar-refractivity contribution in [1.82, 2.24) is 5.32 Å². The van der Waals surface area contributed by atoms with Crippen LogP contribution in [0.2, 0.25) is 0 Å². The Labute approximate surface area is 119 Å². The van der Waals surface area contributed by atoms with Crippen LogP contribution in [0.25, 0.3) is 0 Å². The van der Waals surface area contributed by atoms with Gasteiger partial charge in [-0.05, 0) is 60.8 Å². The molecule has 19 heavy (non-hydrogen) atoms. The summed E-state index contributed by atoms with van der Waals surface area (Å²) in [4.78, 5) is 0. The molecule has 0 spiro atoms. The Balaban J connectivity index is 2.66. The second kappa shape index (κ2) is 6.11. The molecule has 1 fully saturated rings. The first-order valence-electron chi connectivity index (χ1n) is 7.52. The molecule has 114 valence electrons. The largest absolute Gasteiger partial charge is 0.379 e. The molecule has 2 unspecified atom stereocenters. The fourth-order valence-electron chi connectivity index (χ4n) is 2.56. The third-order valence-electron chi connectivity index (χ3n) is 4.58. The van der Waals surface area contributed by atoms with Crippen molar-refractivity contribution >= 4 is 0 Å². The molecule has 1 saturated heterocycles. The average molecular weight is 271 g/mol. The summed E-state index contributed by atoms with van der Waals surface area (Å²) in [6.45, 7) is 15.1. The lowest BCUT2D eigenvalue weighted by atomic mass is 9.75. The summed E-state index contributed by atoms with van der Waals surface area (Å²) < 4.78 is 11.4. The van der Waals surface area contributed by atoms with Gasteiger partial charge in [0.1, 0.15) is 0 Å². The van der Waals surface area contributed by atoms with E-state index in [1.807, 2.05) is 0 Å². The Morgan fingerprint density at radius 1 is 1.26 bits per heavy atom. The molecular weight excluding hydrogens is 238 g/mol. The molecule has 3 nitrogen and oxygen atoms in total. The van der Waals surface area contributed by atoms with Crippen LogP contribution in [0.3, 0.4) is 0 Å². The van der Waals surface area contributed by atoms with E-state index in [1.54, 1.807) is 7.11 Å². The van der Waals surface area contributed by atoms with Crippen LogP contribution in [-0.4, -0.2) is 37.5 Å². The molecule has 0 radical (unpaired) electrons. The zero-order valence-corrected chi connectivity index (χ0v) is 13.9. The molecule has 0 aliphatic carbocycles. The first kappa shape index (κ1) is 16.9. The van der Waals surface area contributed by atoms with E-state index in [0.717, 1.165) is 32.4 Å². The molecule has 2 atom stereocenters. The van der Waals surface area contributed by atoms with Crippen molar-refractivity contribution < 1.29 is 9.47 Å². The Bertz CT molecular complexity index is 283. The molecule has 1 heterocycles. The lowest BCUT2D eigenvalue weighted by molar-refractivity contribution is -0.00837. The number of hydrogen-bond donors (Lipinski definition) is 1. The van der Waals surface area contributed by atoms with Crippen molar-refractivity contribution in [3.63, 3.8) is 0 Å². The van der Waals surface area contributed by atoms with Gasteiger partial charge in [0.25, 0.3) is 0 Å². The number of rotatable bonds is 6. The van der Waals surface area contributed by atoms with Crippen LogP contribution in [0.4, 0.5) is 0 Å². The van der Waals surface area contributed by atoms with Gasteiger partial charge in [0.15, 0.2) is 0 Å². The van der Waals surface area contributed by atoms with Gasteiger partial charge in [0, 0.05) is 31.2 Å². The maximum atomic E-state index is 5.85. The SMILES string of the molecule is COC(C)(C)CCC1(CNC(C)(C)C)CCOC1C. The summed E-state index contributed by atoms with van der Waals surface area (Å²) in [5, 5.41) is 3.67. The predicted molar refractivity (Wildman–Crippen MR) is 80.5 cm³/mol. The van der Waals surface area contributed by atoms with Crippen LogP contribution in [0.15, 0.2) is 0 Å². The third kappa shape index (κ3) is 5.05. The van der Waals surface area contributed by atoms with Crippen LogP contribution < -0.4 is 5.32 Å². The van der Waals surface area contributed by atoms with Gasteiger partial charge in [-0.25, -0.2) is 0 Å². The number of hydrogen-bond acceptors (Lipinski definition) is 3. The molecular formula is C16H33NO2. The smallest absolute Gasteiger partial charge is 0.0623 e. The fourth-order valence-corrected chi connectivity index (χ4v) is 2.56. The zero-order chi connectivity index (χ0) is 14.7. The second-order valence-electron chi connectivity index (χ2n) is 7.69. The van der Waals surface area contributed by atoms with E-state index >= 15 is 0 Å². The Morgan fingerprint density at radius 2 is 1.89 bits per heavy atom. The summed E-state index contributed by atoms with van der Waals surface area (Å²) in [6, 6.07) is 0. The van der Waals surface area contributed by atoms with Crippen molar-refractivity contribution in [3.05, 3.63) is 0 Å². The molecule has 0 saturated carbocycles. The molecule has 0 aromatic heterocycles. The third-order valence-corrected chi connectivity index (χ3v) is 4.58. The van der Waals surface area contributed by atoms with Gasteiger partial charge < -0.3 is 14.8 Å². The molecule has 3 heteroatoms. The van der Waals surface area contributed by atoms with Crippen molar-refractivity contribution in [1.29, 1.82) is 0 Å². The van der Waals surface area contributed by atoms with Crippen molar-refractivity contribution in [2.24, 2.45) is 5.41 Å². The van der Waals surface area contributed by atoms with Crippen LogP contribution >= 0.6 is 0 Å². The van der Waals surface area contributed by atoms with Gasteiger partial charge >= 0.3 is 0 Å². The van der Waals surface area contributed by atoms with Crippen LogP contribution in [0, 0.1) is 5.41 Å². The minimum atomic E-state index is -0.0446. The number of ether oxygens (including phenoxy) is 2. The highest BCUT2D eigenvalue weighted by molar-refractivity contribution is 4.94. The standard InChI is InChI=1S/C16H33NO2/c1-13-16(10-11-19-13,12-17-14(2,3)4)9-8-15(5,6)18-7/h13,17H,8-12H2,1-7H3. The second-order valence-corrected chi connectivity index (χ2v) is 7.69. The lowest BCUT2D eigenvalue weighted by Gasteiger charge is -2.38. The zero-order valence-electron chi connectivity index (χ0n) is 13.9. The summed E-state index contributed by atoms with van der Waals surface area (Å²) in [6.07, 6.45) is 3.70. The van der Waals surface area contributed by atoms with E-state index in [4.69, 9.17) is 9.47 Å². The van der Waals surface area contributed by atoms with Crippen molar-refractivity contribution in [3.8, 4) is 0 Å². The monoisotopic (exact) mass is 271 g/mol. The highest BCUT2D eigenvalue weighted by Crippen LogP contribution is 2.40. The van der Waals surface area contributed by atoms with Crippen molar-refractivity contribution in [2.75, 3.05) is 20.3 Å². The highest BCUT2D eigenvalue weighted by Gasteiger charge is 2.42. The predicted octanol–water partition coefficient (Wildman–Crippen LogP) is 3.37. The van der Waals surface area contributed by atoms with E-state index in [1.165, 1.54) is 0 Å². The van der Waals surface area contributed by atoms with Crippen LogP contribution in [0.1, 0.15) is 60.8 Å². The van der Waals surface area contributed by atoms with E-state index < -0.39 is 0 Å². The molecule has 0 amide bonds. The first-order chi connectivity index (χ1) is 8.60. The summed E-state index contributed by atoms with van der Waals surface area (Å²) in [5.74, 6) is 0. The minimum Gasteiger partial charge on any atom is -0.379 e. The molecule has 0 bridgehead atoms. The maximum Gasteiger partial charge on any atom is 0.0623 e. The lowest BCUT2D eigenvalue weighted by Crippen LogP contribution is -2.47. The normalized spacial score (nSPS) is 28.9. The minimum absolute atomic E-state index is 0.0446. The molecule has 0 aromatic carbocycles. The van der Waals surface area contributed by atoms with Gasteiger partial charge in [-0.2, -0.15) is 0 Å². The van der Waals surface area contributed by atoms with Crippen molar-refractivity contribution in [2.45, 2.75) is 78.0 Å². The van der Waals surface area contributed by atoms with Gasteiger partial charge in [-0.15, -0.1) is 0 Å². The van der Waals surface area contributed by atoms with E-state index in [-0.39, 0.29) is 16.6 Å². The summed E-state index contributed by atoms with van der Waals surface area (Å²) >= 11 is 0.